The summed E-state index contributed by atoms with van der Waals surface area (Å²) in [5, 5.41) is 1.48. The zero-order valence-electron chi connectivity index (χ0n) is 12.3. The molecular formula is C18H17NO3. The van der Waals surface area contributed by atoms with Crippen LogP contribution in [0, 0.1) is 0 Å². The standard InChI is InChI=1S/C18H17NO3/c1-21-14-7-5-13(6-8-14)10-12-22-17-4-2-3-16-15(17)9-11-19-18(16)20/h2-9,11H,10,12H2,1H3,(H,19,20). The lowest BCUT2D eigenvalue weighted by atomic mass is 10.1. The minimum atomic E-state index is -0.0990. The molecule has 0 saturated carbocycles. The number of nitrogens with one attached hydrogen (secondary N) is 1. The molecule has 3 aromatic rings. The average Bonchev–Trinajstić information content (AvgIpc) is 2.56. The van der Waals surface area contributed by atoms with Gasteiger partial charge in [0.1, 0.15) is 11.5 Å². The van der Waals surface area contributed by atoms with E-state index in [1.807, 2.05) is 42.5 Å². The summed E-state index contributed by atoms with van der Waals surface area (Å²) in [4.78, 5) is 14.4. The third-order valence-corrected chi connectivity index (χ3v) is 3.58. The van der Waals surface area contributed by atoms with E-state index in [0.717, 1.165) is 23.3 Å². The van der Waals surface area contributed by atoms with Gasteiger partial charge in [0.25, 0.3) is 5.56 Å². The van der Waals surface area contributed by atoms with E-state index in [4.69, 9.17) is 9.47 Å². The molecule has 0 aliphatic carbocycles. The molecule has 0 spiro atoms. The summed E-state index contributed by atoms with van der Waals surface area (Å²) in [6.45, 7) is 0.554. The molecule has 3 rings (SSSR count). The molecule has 112 valence electrons. The average molecular weight is 295 g/mol. The number of fused-ring (bicyclic) bond motifs is 1. The fourth-order valence-corrected chi connectivity index (χ4v) is 2.39. The van der Waals surface area contributed by atoms with Gasteiger partial charge < -0.3 is 14.5 Å². The minimum Gasteiger partial charge on any atom is -0.497 e. The monoisotopic (exact) mass is 295 g/mol. The molecule has 0 aliphatic rings. The minimum absolute atomic E-state index is 0.0990. The van der Waals surface area contributed by atoms with Gasteiger partial charge in [-0.3, -0.25) is 4.79 Å². The fourth-order valence-electron chi connectivity index (χ4n) is 2.39. The Hall–Kier alpha value is -2.75. The summed E-state index contributed by atoms with van der Waals surface area (Å²) in [5.74, 6) is 1.58. The van der Waals surface area contributed by atoms with Gasteiger partial charge in [-0.05, 0) is 35.9 Å². The maximum atomic E-state index is 11.8. The van der Waals surface area contributed by atoms with Gasteiger partial charge in [0.15, 0.2) is 0 Å². The molecule has 22 heavy (non-hydrogen) atoms. The van der Waals surface area contributed by atoms with Crippen LogP contribution in [-0.2, 0) is 6.42 Å². The Labute approximate surface area is 128 Å². The van der Waals surface area contributed by atoms with Crippen LogP contribution in [0.15, 0.2) is 59.5 Å². The van der Waals surface area contributed by atoms with Crippen molar-refractivity contribution in [1.82, 2.24) is 4.98 Å². The lowest BCUT2D eigenvalue weighted by Gasteiger charge is -2.09. The first-order valence-corrected chi connectivity index (χ1v) is 7.14. The van der Waals surface area contributed by atoms with E-state index < -0.39 is 0 Å². The number of methoxy groups -OCH3 is 1. The van der Waals surface area contributed by atoms with Gasteiger partial charge in [0.05, 0.1) is 19.1 Å². The molecule has 4 nitrogen and oxygen atoms in total. The molecule has 1 heterocycles. The predicted molar refractivity (Wildman–Crippen MR) is 86.8 cm³/mol. The summed E-state index contributed by atoms with van der Waals surface area (Å²) in [7, 11) is 1.65. The Morgan fingerprint density at radius 2 is 1.82 bits per heavy atom. The highest BCUT2D eigenvalue weighted by molar-refractivity contribution is 5.87. The van der Waals surface area contributed by atoms with E-state index in [0.29, 0.717) is 12.0 Å². The first kappa shape index (κ1) is 14.2. The number of aromatic amines is 1. The van der Waals surface area contributed by atoms with Gasteiger partial charge in [-0.2, -0.15) is 0 Å². The van der Waals surface area contributed by atoms with E-state index in [9.17, 15) is 4.79 Å². The van der Waals surface area contributed by atoms with Crippen molar-refractivity contribution in [3.8, 4) is 11.5 Å². The predicted octanol–water partition coefficient (Wildman–Crippen LogP) is 3.16. The van der Waals surface area contributed by atoms with Crippen molar-refractivity contribution in [2.45, 2.75) is 6.42 Å². The van der Waals surface area contributed by atoms with Crippen LogP contribution in [-0.4, -0.2) is 18.7 Å². The molecule has 1 N–H and O–H groups in total. The summed E-state index contributed by atoms with van der Waals surface area (Å²) in [5.41, 5.74) is 1.08. The first-order valence-electron chi connectivity index (χ1n) is 7.14. The third-order valence-electron chi connectivity index (χ3n) is 3.58. The van der Waals surface area contributed by atoms with E-state index >= 15 is 0 Å². The Kier molecular flexibility index (Phi) is 4.10. The zero-order valence-corrected chi connectivity index (χ0v) is 12.3. The molecular weight excluding hydrogens is 278 g/mol. The number of hydrogen-bond acceptors (Lipinski definition) is 3. The van der Waals surface area contributed by atoms with Crippen molar-refractivity contribution >= 4 is 10.8 Å². The van der Waals surface area contributed by atoms with E-state index in [2.05, 4.69) is 4.98 Å². The second-order valence-corrected chi connectivity index (χ2v) is 4.97. The number of ether oxygens (including phenoxy) is 2. The second-order valence-electron chi connectivity index (χ2n) is 4.97. The van der Waals surface area contributed by atoms with Gasteiger partial charge in [-0.15, -0.1) is 0 Å². The fraction of sp³-hybridized carbons (Fsp3) is 0.167. The van der Waals surface area contributed by atoms with Crippen LogP contribution in [0.2, 0.25) is 0 Å². The molecule has 0 unspecified atom stereocenters. The van der Waals surface area contributed by atoms with Crippen molar-refractivity contribution in [1.29, 1.82) is 0 Å². The first-order chi connectivity index (χ1) is 10.8. The van der Waals surface area contributed by atoms with Crippen molar-refractivity contribution < 1.29 is 9.47 Å². The Morgan fingerprint density at radius 3 is 2.59 bits per heavy atom. The number of H-pyrrole nitrogens is 1. The molecule has 0 aliphatic heterocycles. The maximum absolute atomic E-state index is 11.8. The summed E-state index contributed by atoms with van der Waals surface area (Å²) in [6.07, 6.45) is 2.44. The van der Waals surface area contributed by atoms with Gasteiger partial charge in [0.2, 0.25) is 0 Å². The Balaban J connectivity index is 1.71. The van der Waals surface area contributed by atoms with Crippen LogP contribution in [0.5, 0.6) is 11.5 Å². The van der Waals surface area contributed by atoms with Gasteiger partial charge in [0, 0.05) is 18.0 Å². The van der Waals surface area contributed by atoms with E-state index in [-0.39, 0.29) is 5.56 Å². The number of pyridine rings is 1. The molecule has 0 saturated heterocycles. The lowest BCUT2D eigenvalue weighted by molar-refractivity contribution is 0.325. The van der Waals surface area contributed by atoms with Crippen molar-refractivity contribution in [3.63, 3.8) is 0 Å². The van der Waals surface area contributed by atoms with Crippen molar-refractivity contribution in [2.24, 2.45) is 0 Å². The molecule has 0 amide bonds. The van der Waals surface area contributed by atoms with Crippen LogP contribution in [0.25, 0.3) is 10.8 Å². The summed E-state index contributed by atoms with van der Waals surface area (Å²) in [6, 6.07) is 15.3. The van der Waals surface area contributed by atoms with Gasteiger partial charge >= 0.3 is 0 Å². The second kappa shape index (κ2) is 6.35. The summed E-state index contributed by atoms with van der Waals surface area (Å²) >= 11 is 0. The highest BCUT2D eigenvalue weighted by atomic mass is 16.5. The Bertz CT molecular complexity index is 822. The highest BCUT2D eigenvalue weighted by Crippen LogP contribution is 2.23. The molecule has 4 heteroatoms. The number of benzene rings is 2. The van der Waals surface area contributed by atoms with Crippen molar-refractivity contribution in [3.05, 3.63) is 70.6 Å². The molecule has 0 atom stereocenters. The van der Waals surface area contributed by atoms with Gasteiger partial charge in [-0.25, -0.2) is 0 Å². The molecule has 0 radical (unpaired) electrons. The lowest BCUT2D eigenvalue weighted by Crippen LogP contribution is -2.06. The largest absolute Gasteiger partial charge is 0.497 e. The van der Waals surface area contributed by atoms with Crippen molar-refractivity contribution in [2.75, 3.05) is 13.7 Å². The molecule has 0 bridgehead atoms. The number of hydrogen-bond donors (Lipinski definition) is 1. The van der Waals surface area contributed by atoms with Crippen LogP contribution in [0.4, 0.5) is 0 Å². The molecule has 2 aromatic carbocycles. The zero-order chi connectivity index (χ0) is 15.4. The maximum Gasteiger partial charge on any atom is 0.255 e. The van der Waals surface area contributed by atoms with Crippen LogP contribution in [0.3, 0.4) is 0 Å². The normalized spacial score (nSPS) is 10.6. The van der Waals surface area contributed by atoms with Crippen LogP contribution < -0.4 is 15.0 Å². The van der Waals surface area contributed by atoms with E-state index in [1.54, 1.807) is 19.4 Å². The molecule has 0 fully saturated rings. The Morgan fingerprint density at radius 1 is 1.00 bits per heavy atom. The summed E-state index contributed by atoms with van der Waals surface area (Å²) < 4.78 is 11.0. The van der Waals surface area contributed by atoms with Crippen LogP contribution >= 0.6 is 0 Å². The SMILES string of the molecule is COc1ccc(CCOc2cccc3c(=O)[nH]ccc23)cc1. The quantitative estimate of drug-likeness (QED) is 0.786. The third kappa shape index (κ3) is 2.96. The smallest absolute Gasteiger partial charge is 0.255 e. The van der Waals surface area contributed by atoms with E-state index in [1.165, 1.54) is 5.56 Å². The number of aromatic nitrogens is 1. The van der Waals surface area contributed by atoms with Gasteiger partial charge in [-0.1, -0.05) is 18.2 Å². The highest BCUT2D eigenvalue weighted by Gasteiger charge is 2.04. The molecule has 1 aromatic heterocycles. The number of rotatable bonds is 5. The van der Waals surface area contributed by atoms with Crippen LogP contribution in [0.1, 0.15) is 5.56 Å². The topological polar surface area (TPSA) is 51.3 Å².